The smallest absolute Gasteiger partial charge is 0.249 e. The number of hydrogen-bond donors (Lipinski definition) is 0. The van der Waals surface area contributed by atoms with Crippen LogP contribution in [0.25, 0.3) is 0 Å². The molecule has 0 fully saturated rings. The number of hydrogen-bond acceptors (Lipinski definition) is 1. The summed E-state index contributed by atoms with van der Waals surface area (Å²) in [7, 11) is 0. The van der Waals surface area contributed by atoms with Crippen LogP contribution in [0.1, 0.15) is 34.6 Å². The third-order valence-corrected chi connectivity index (χ3v) is 1.33. The summed E-state index contributed by atoms with van der Waals surface area (Å²) in [5.41, 5.74) is -0.518. The predicted molar refractivity (Wildman–Crippen MR) is 59.1 cm³/mol. The highest BCUT2D eigenvalue weighted by atomic mass is 19.4. The highest BCUT2D eigenvalue weighted by Gasteiger charge is 2.33. The lowest BCUT2D eigenvalue weighted by atomic mass is 10.3. The molecular formula is C11H18F3N. The van der Waals surface area contributed by atoms with Gasteiger partial charge in [0.05, 0.1) is 0 Å². The molecule has 15 heavy (non-hydrogen) atoms. The first-order chi connectivity index (χ1) is 6.91. The van der Waals surface area contributed by atoms with Crippen molar-refractivity contribution in [2.24, 2.45) is 4.99 Å². The van der Waals surface area contributed by atoms with Gasteiger partial charge in [0.25, 0.3) is 0 Å². The molecule has 0 aromatic carbocycles. The minimum Gasteiger partial charge on any atom is -0.249 e. The maximum Gasteiger partial charge on any atom is 0.433 e. The Morgan fingerprint density at radius 2 is 1.60 bits per heavy atom. The van der Waals surface area contributed by atoms with E-state index in [0.29, 0.717) is 5.70 Å². The highest BCUT2D eigenvalue weighted by Crippen LogP contribution is 2.19. The fraction of sp³-hybridized carbons (Fsp3) is 0.545. The molecule has 0 amide bonds. The Labute approximate surface area is 89.4 Å². The largest absolute Gasteiger partial charge is 0.433 e. The summed E-state index contributed by atoms with van der Waals surface area (Å²) in [5.74, 6) is 0. The number of nitrogens with zero attached hydrogens (tertiary/aromatic N) is 1. The van der Waals surface area contributed by atoms with Gasteiger partial charge < -0.3 is 0 Å². The topological polar surface area (TPSA) is 12.4 Å². The second kappa shape index (κ2) is 8.26. The van der Waals surface area contributed by atoms with Crippen LogP contribution in [0, 0.1) is 0 Å². The molecule has 0 rings (SSSR count). The summed E-state index contributed by atoms with van der Waals surface area (Å²) in [6.45, 7) is 8.68. The van der Waals surface area contributed by atoms with E-state index in [1.807, 2.05) is 13.8 Å². The van der Waals surface area contributed by atoms with Crippen molar-refractivity contribution < 1.29 is 13.2 Å². The maximum absolute atomic E-state index is 12.2. The van der Waals surface area contributed by atoms with Gasteiger partial charge in [0.2, 0.25) is 0 Å². The monoisotopic (exact) mass is 221 g/mol. The minimum atomic E-state index is -4.38. The second-order valence-corrected chi connectivity index (χ2v) is 2.42. The number of alkyl halides is 3. The van der Waals surface area contributed by atoms with Crippen LogP contribution in [0.15, 0.2) is 28.9 Å². The van der Waals surface area contributed by atoms with Crippen molar-refractivity contribution >= 4 is 5.71 Å². The average Bonchev–Trinajstić information content (AvgIpc) is 2.18. The molecule has 1 nitrogen and oxygen atoms in total. The molecule has 0 spiro atoms. The van der Waals surface area contributed by atoms with Crippen molar-refractivity contribution in [3.05, 3.63) is 23.9 Å². The van der Waals surface area contributed by atoms with Crippen LogP contribution in [0.2, 0.25) is 0 Å². The van der Waals surface area contributed by atoms with Crippen molar-refractivity contribution in [3.8, 4) is 0 Å². The van der Waals surface area contributed by atoms with Gasteiger partial charge in [-0.3, -0.25) is 0 Å². The van der Waals surface area contributed by atoms with Gasteiger partial charge in [-0.25, -0.2) is 4.99 Å². The van der Waals surface area contributed by atoms with Gasteiger partial charge in [0.1, 0.15) is 5.71 Å². The summed E-state index contributed by atoms with van der Waals surface area (Å²) in [6.07, 6.45) is -0.589. The fourth-order valence-electron chi connectivity index (χ4n) is 0.608. The van der Waals surface area contributed by atoms with E-state index in [2.05, 4.69) is 4.99 Å². The molecular weight excluding hydrogens is 203 g/mol. The van der Waals surface area contributed by atoms with Crippen LogP contribution in [0.4, 0.5) is 13.2 Å². The van der Waals surface area contributed by atoms with E-state index < -0.39 is 11.9 Å². The minimum absolute atomic E-state index is 0.352. The summed E-state index contributed by atoms with van der Waals surface area (Å²) in [6, 6.07) is 0. The third kappa shape index (κ3) is 7.97. The molecule has 0 saturated carbocycles. The number of halogens is 3. The molecule has 4 heteroatoms. The zero-order valence-electron chi connectivity index (χ0n) is 9.81. The summed E-state index contributed by atoms with van der Waals surface area (Å²) < 4.78 is 36.6. The fourth-order valence-corrected chi connectivity index (χ4v) is 0.608. The lowest BCUT2D eigenvalue weighted by molar-refractivity contribution is -0.0577. The summed E-state index contributed by atoms with van der Waals surface area (Å²) in [5, 5.41) is 0. The molecule has 0 radical (unpaired) electrons. The molecule has 0 aromatic rings. The molecule has 0 heterocycles. The first-order valence-electron chi connectivity index (χ1n) is 4.83. The number of rotatable bonds is 2. The molecule has 0 saturated heterocycles. The van der Waals surface area contributed by atoms with Gasteiger partial charge in [0.15, 0.2) is 0 Å². The maximum atomic E-state index is 12.2. The van der Waals surface area contributed by atoms with Gasteiger partial charge in [-0.1, -0.05) is 26.0 Å². The van der Waals surface area contributed by atoms with Gasteiger partial charge in [-0.05, 0) is 26.8 Å². The Morgan fingerprint density at radius 1 is 1.13 bits per heavy atom. The van der Waals surface area contributed by atoms with E-state index in [9.17, 15) is 13.2 Å². The molecule has 0 atom stereocenters. The van der Waals surface area contributed by atoms with Crippen molar-refractivity contribution in [1.82, 2.24) is 0 Å². The van der Waals surface area contributed by atoms with Gasteiger partial charge >= 0.3 is 6.18 Å². The highest BCUT2D eigenvalue weighted by molar-refractivity contribution is 5.99. The van der Waals surface area contributed by atoms with Crippen LogP contribution in [-0.2, 0) is 0 Å². The van der Waals surface area contributed by atoms with Crippen molar-refractivity contribution in [3.63, 3.8) is 0 Å². The van der Waals surface area contributed by atoms with Gasteiger partial charge in [0, 0.05) is 5.70 Å². The van der Waals surface area contributed by atoms with Crippen molar-refractivity contribution in [1.29, 1.82) is 0 Å². The quantitative estimate of drug-likeness (QED) is 0.608. The van der Waals surface area contributed by atoms with Crippen LogP contribution < -0.4 is 0 Å². The van der Waals surface area contributed by atoms with E-state index in [1.54, 1.807) is 6.92 Å². The number of allylic oxidation sites excluding steroid dienone is 4. The van der Waals surface area contributed by atoms with Crippen LogP contribution in [-0.4, -0.2) is 11.9 Å². The molecule has 0 unspecified atom stereocenters. The molecule has 0 aliphatic heterocycles. The normalized spacial score (nSPS) is 13.9. The van der Waals surface area contributed by atoms with E-state index >= 15 is 0 Å². The molecule has 0 N–H and O–H groups in total. The second-order valence-electron chi connectivity index (χ2n) is 2.42. The predicted octanol–water partition coefficient (Wildman–Crippen LogP) is 4.52. The van der Waals surface area contributed by atoms with E-state index in [1.165, 1.54) is 26.0 Å². The van der Waals surface area contributed by atoms with Crippen molar-refractivity contribution in [2.75, 3.05) is 0 Å². The first-order valence-corrected chi connectivity index (χ1v) is 4.83. The Hall–Kier alpha value is -1.06. The lowest BCUT2D eigenvalue weighted by Gasteiger charge is -2.05. The standard InChI is InChI=1S/C9H12F3N.C2H6/c1-4-6-8(9(10,11)12)13-7(3)5-2;1-2/h4-6H,1-3H3;1-2H3/b6-4-,7-5-,13-8+;. The Morgan fingerprint density at radius 3 is 1.87 bits per heavy atom. The van der Waals surface area contributed by atoms with Crippen LogP contribution in [0.5, 0.6) is 0 Å². The average molecular weight is 221 g/mol. The number of aliphatic imine (C=N–C) groups is 1. The Kier molecular flexibility index (Phi) is 9.02. The Balaban J connectivity index is 0. The Bertz CT molecular complexity index is 247. The lowest BCUT2D eigenvalue weighted by Crippen LogP contribution is -2.20. The van der Waals surface area contributed by atoms with Crippen molar-refractivity contribution in [2.45, 2.75) is 40.8 Å². The molecule has 0 aliphatic carbocycles. The zero-order valence-corrected chi connectivity index (χ0v) is 9.81. The molecule has 88 valence electrons. The SMILES string of the molecule is CC.C\C=C/C(=N\C(C)=C/C)C(F)(F)F. The molecule has 0 bridgehead atoms. The molecule has 0 aliphatic rings. The third-order valence-electron chi connectivity index (χ3n) is 1.33. The summed E-state index contributed by atoms with van der Waals surface area (Å²) in [4.78, 5) is 3.42. The van der Waals surface area contributed by atoms with Gasteiger partial charge in [-0.2, -0.15) is 13.2 Å². The van der Waals surface area contributed by atoms with Gasteiger partial charge in [-0.15, -0.1) is 0 Å². The van der Waals surface area contributed by atoms with E-state index in [-0.39, 0.29) is 0 Å². The summed E-state index contributed by atoms with van der Waals surface area (Å²) >= 11 is 0. The zero-order chi connectivity index (χ0) is 12.5. The van der Waals surface area contributed by atoms with E-state index in [4.69, 9.17) is 0 Å². The molecule has 0 aromatic heterocycles. The van der Waals surface area contributed by atoms with Crippen LogP contribution >= 0.6 is 0 Å². The first kappa shape index (κ1) is 16.4. The van der Waals surface area contributed by atoms with E-state index in [0.717, 1.165) is 6.08 Å². The van der Waals surface area contributed by atoms with Crippen LogP contribution in [0.3, 0.4) is 0 Å².